The van der Waals surface area contributed by atoms with Crippen LogP contribution in [0.3, 0.4) is 0 Å². The zero-order valence-corrected chi connectivity index (χ0v) is 5.86. The van der Waals surface area contributed by atoms with Gasteiger partial charge in [0.15, 0.2) is 0 Å². The van der Waals surface area contributed by atoms with Crippen LogP contribution in [0.5, 0.6) is 0 Å². The maximum atomic E-state index is 3.91. The molecule has 1 heterocycles. The van der Waals surface area contributed by atoms with E-state index in [9.17, 15) is 0 Å². The van der Waals surface area contributed by atoms with Crippen molar-refractivity contribution >= 4 is 5.69 Å². The van der Waals surface area contributed by atoms with E-state index in [-0.39, 0.29) is 0 Å². The molecule has 0 aliphatic carbocycles. The van der Waals surface area contributed by atoms with Gasteiger partial charge in [0.1, 0.15) is 0 Å². The molecule has 0 saturated heterocycles. The molecule has 1 rings (SSSR count). The molecular formula is C7H9N3. The zero-order valence-electron chi connectivity index (χ0n) is 5.86. The lowest BCUT2D eigenvalue weighted by molar-refractivity contribution is 1.00. The van der Waals surface area contributed by atoms with Gasteiger partial charge in [0.25, 0.3) is 0 Å². The minimum atomic E-state index is 0.725. The third-order valence-corrected chi connectivity index (χ3v) is 0.990. The van der Waals surface area contributed by atoms with E-state index in [1.54, 1.807) is 12.4 Å². The van der Waals surface area contributed by atoms with E-state index in [2.05, 4.69) is 15.2 Å². The van der Waals surface area contributed by atoms with E-state index in [1.165, 1.54) is 0 Å². The van der Waals surface area contributed by atoms with Crippen molar-refractivity contribution in [3.05, 3.63) is 24.5 Å². The van der Waals surface area contributed by atoms with E-state index in [4.69, 9.17) is 0 Å². The summed E-state index contributed by atoms with van der Waals surface area (Å²) in [5.74, 6) is 0. The molecule has 52 valence electrons. The molecular weight excluding hydrogens is 126 g/mol. The first-order valence-electron chi connectivity index (χ1n) is 3.21. The Hall–Kier alpha value is -1.25. The number of azo groups is 1. The Bertz CT molecular complexity index is 205. The standard InChI is InChI=1S/C7H9N3/c1-2-9-10-7-3-5-8-6-4-7/h3-6H,2H2,1H3. The molecule has 0 saturated carbocycles. The summed E-state index contributed by atoms with van der Waals surface area (Å²) in [6, 6.07) is 3.64. The summed E-state index contributed by atoms with van der Waals surface area (Å²) in [5, 5.41) is 7.75. The Kier molecular flexibility index (Phi) is 2.55. The number of rotatable bonds is 2. The largest absolute Gasteiger partial charge is 0.265 e. The molecule has 0 bridgehead atoms. The molecule has 0 aliphatic heterocycles. The molecule has 0 aromatic carbocycles. The highest BCUT2D eigenvalue weighted by Crippen LogP contribution is 2.07. The molecule has 0 amide bonds. The molecule has 0 aliphatic rings. The predicted octanol–water partition coefficient (Wildman–Crippen LogP) is 2.19. The molecule has 0 unspecified atom stereocenters. The number of pyridine rings is 1. The molecule has 3 nitrogen and oxygen atoms in total. The monoisotopic (exact) mass is 135 g/mol. The second-order valence-corrected chi connectivity index (χ2v) is 1.76. The first kappa shape index (κ1) is 6.86. The van der Waals surface area contributed by atoms with E-state index < -0.39 is 0 Å². The van der Waals surface area contributed by atoms with Gasteiger partial charge in [-0.05, 0) is 19.1 Å². The fraction of sp³-hybridized carbons (Fsp3) is 0.286. The molecule has 0 radical (unpaired) electrons. The molecule has 1 aromatic heterocycles. The van der Waals surface area contributed by atoms with Crippen LogP contribution in [0.25, 0.3) is 0 Å². The average molecular weight is 135 g/mol. The number of aromatic nitrogens is 1. The van der Waals surface area contributed by atoms with Crippen molar-refractivity contribution in [3.63, 3.8) is 0 Å². The van der Waals surface area contributed by atoms with Gasteiger partial charge in [-0.15, -0.1) is 0 Å². The SMILES string of the molecule is CCN=Nc1ccncc1. The van der Waals surface area contributed by atoms with Crippen molar-refractivity contribution in [3.8, 4) is 0 Å². The third kappa shape index (κ3) is 1.93. The lowest BCUT2D eigenvalue weighted by Gasteiger charge is -1.86. The highest BCUT2D eigenvalue weighted by atomic mass is 15.1. The number of hydrogen-bond donors (Lipinski definition) is 0. The number of nitrogens with zero attached hydrogens (tertiary/aromatic N) is 3. The topological polar surface area (TPSA) is 37.6 Å². The Labute approximate surface area is 59.8 Å². The van der Waals surface area contributed by atoms with Gasteiger partial charge in [-0.1, -0.05) is 0 Å². The van der Waals surface area contributed by atoms with Crippen LogP contribution in [0.1, 0.15) is 6.92 Å². The Balaban J connectivity index is 2.67. The molecule has 10 heavy (non-hydrogen) atoms. The molecule has 3 heteroatoms. The van der Waals surface area contributed by atoms with Gasteiger partial charge < -0.3 is 0 Å². The van der Waals surface area contributed by atoms with Crippen LogP contribution in [0.2, 0.25) is 0 Å². The molecule has 0 spiro atoms. The van der Waals surface area contributed by atoms with Crippen molar-refractivity contribution in [1.82, 2.24) is 4.98 Å². The second kappa shape index (κ2) is 3.71. The minimum absolute atomic E-state index is 0.725. The van der Waals surface area contributed by atoms with Gasteiger partial charge in [0.05, 0.1) is 12.2 Å². The van der Waals surface area contributed by atoms with Gasteiger partial charge in [-0.2, -0.15) is 10.2 Å². The van der Waals surface area contributed by atoms with E-state index in [0.29, 0.717) is 0 Å². The van der Waals surface area contributed by atoms with Crippen LogP contribution >= 0.6 is 0 Å². The van der Waals surface area contributed by atoms with Crippen molar-refractivity contribution in [2.75, 3.05) is 6.54 Å². The van der Waals surface area contributed by atoms with Crippen LogP contribution < -0.4 is 0 Å². The van der Waals surface area contributed by atoms with Gasteiger partial charge >= 0.3 is 0 Å². The maximum absolute atomic E-state index is 3.91. The van der Waals surface area contributed by atoms with Crippen LogP contribution in [0.15, 0.2) is 34.8 Å². The lowest BCUT2D eigenvalue weighted by Crippen LogP contribution is -1.67. The van der Waals surface area contributed by atoms with Crippen molar-refractivity contribution in [1.29, 1.82) is 0 Å². The van der Waals surface area contributed by atoms with Crippen molar-refractivity contribution < 1.29 is 0 Å². The Morgan fingerprint density at radius 3 is 2.70 bits per heavy atom. The van der Waals surface area contributed by atoms with Crippen molar-refractivity contribution in [2.45, 2.75) is 6.92 Å². The van der Waals surface area contributed by atoms with Crippen molar-refractivity contribution in [2.24, 2.45) is 10.2 Å². The predicted molar refractivity (Wildman–Crippen MR) is 39.3 cm³/mol. The fourth-order valence-corrected chi connectivity index (χ4v) is 0.563. The fourth-order valence-electron chi connectivity index (χ4n) is 0.563. The quantitative estimate of drug-likeness (QED) is 0.572. The third-order valence-electron chi connectivity index (χ3n) is 0.990. The van der Waals surface area contributed by atoms with Crippen LogP contribution in [0.4, 0.5) is 5.69 Å². The first-order chi connectivity index (χ1) is 4.93. The molecule has 1 aromatic rings. The maximum Gasteiger partial charge on any atom is 0.0883 e. The van der Waals surface area contributed by atoms with Crippen LogP contribution in [-0.4, -0.2) is 11.5 Å². The van der Waals surface area contributed by atoms with E-state index in [0.717, 1.165) is 12.2 Å². The van der Waals surface area contributed by atoms with E-state index >= 15 is 0 Å². The Morgan fingerprint density at radius 1 is 1.40 bits per heavy atom. The zero-order chi connectivity index (χ0) is 7.23. The summed E-state index contributed by atoms with van der Waals surface area (Å²) in [4.78, 5) is 3.85. The highest BCUT2D eigenvalue weighted by Gasteiger charge is 1.82. The number of hydrogen-bond acceptors (Lipinski definition) is 3. The van der Waals surface area contributed by atoms with Gasteiger partial charge in [-0.3, -0.25) is 4.98 Å². The van der Waals surface area contributed by atoms with Gasteiger partial charge in [0.2, 0.25) is 0 Å². The molecule has 0 atom stereocenters. The van der Waals surface area contributed by atoms with Crippen LogP contribution in [-0.2, 0) is 0 Å². The summed E-state index contributed by atoms with van der Waals surface area (Å²) in [7, 11) is 0. The van der Waals surface area contributed by atoms with Gasteiger partial charge in [0, 0.05) is 12.4 Å². The second-order valence-electron chi connectivity index (χ2n) is 1.76. The highest BCUT2D eigenvalue weighted by molar-refractivity contribution is 5.32. The normalized spacial score (nSPS) is 10.5. The van der Waals surface area contributed by atoms with Gasteiger partial charge in [-0.25, -0.2) is 0 Å². The van der Waals surface area contributed by atoms with Crippen LogP contribution in [0, 0.1) is 0 Å². The lowest BCUT2D eigenvalue weighted by atomic mass is 10.4. The molecule has 0 N–H and O–H groups in total. The summed E-state index contributed by atoms with van der Waals surface area (Å²) in [6.45, 7) is 2.67. The summed E-state index contributed by atoms with van der Waals surface area (Å²) in [6.07, 6.45) is 3.40. The summed E-state index contributed by atoms with van der Waals surface area (Å²) >= 11 is 0. The average Bonchev–Trinajstić information content (AvgIpc) is 2.03. The molecule has 0 fully saturated rings. The minimum Gasteiger partial charge on any atom is -0.265 e. The summed E-state index contributed by atoms with van der Waals surface area (Å²) in [5.41, 5.74) is 0.858. The Morgan fingerprint density at radius 2 is 2.10 bits per heavy atom. The summed E-state index contributed by atoms with van der Waals surface area (Å²) < 4.78 is 0. The first-order valence-corrected chi connectivity index (χ1v) is 3.21. The van der Waals surface area contributed by atoms with E-state index in [1.807, 2.05) is 19.1 Å². The smallest absolute Gasteiger partial charge is 0.0883 e.